The SMILES string of the molecule is CCOC(=O)C[C@H]1O[C@H](c2ccccc2OCc2ccccc2)c2cc(Cl)ccc2N(CC(C)C)C1=O. The van der Waals surface area contributed by atoms with Crippen molar-refractivity contribution in [1.82, 2.24) is 0 Å². The maximum absolute atomic E-state index is 13.8. The van der Waals surface area contributed by atoms with E-state index < -0.39 is 18.2 Å². The summed E-state index contributed by atoms with van der Waals surface area (Å²) in [4.78, 5) is 27.9. The highest BCUT2D eigenvalue weighted by molar-refractivity contribution is 6.30. The molecule has 2 atom stereocenters. The van der Waals surface area contributed by atoms with Crippen molar-refractivity contribution in [1.29, 1.82) is 0 Å². The van der Waals surface area contributed by atoms with Crippen LogP contribution in [0.25, 0.3) is 0 Å². The molecule has 0 unspecified atom stereocenters. The number of benzene rings is 3. The molecule has 0 aliphatic carbocycles. The van der Waals surface area contributed by atoms with Crippen LogP contribution in [0.2, 0.25) is 5.02 Å². The molecule has 0 aromatic heterocycles. The van der Waals surface area contributed by atoms with Gasteiger partial charge in [0, 0.05) is 28.4 Å². The molecule has 3 aromatic carbocycles. The fourth-order valence-electron chi connectivity index (χ4n) is 4.43. The zero-order chi connectivity index (χ0) is 26.4. The predicted molar refractivity (Wildman–Crippen MR) is 144 cm³/mol. The van der Waals surface area contributed by atoms with Crippen molar-refractivity contribution in [3.05, 3.63) is 94.5 Å². The van der Waals surface area contributed by atoms with Gasteiger partial charge in [-0.1, -0.05) is 74.0 Å². The topological polar surface area (TPSA) is 65.1 Å². The van der Waals surface area contributed by atoms with Crippen molar-refractivity contribution in [3.63, 3.8) is 0 Å². The molecule has 0 N–H and O–H groups in total. The van der Waals surface area contributed by atoms with E-state index in [0.29, 0.717) is 29.6 Å². The van der Waals surface area contributed by atoms with Gasteiger partial charge in [-0.25, -0.2) is 0 Å². The van der Waals surface area contributed by atoms with Crippen molar-refractivity contribution >= 4 is 29.2 Å². The third kappa shape index (κ3) is 6.51. The number of amides is 1. The highest BCUT2D eigenvalue weighted by atomic mass is 35.5. The Morgan fingerprint density at radius 2 is 1.76 bits per heavy atom. The number of carbonyl (C=O) groups is 2. The van der Waals surface area contributed by atoms with Crippen molar-refractivity contribution in [2.45, 2.75) is 46.0 Å². The van der Waals surface area contributed by atoms with Crippen LogP contribution in [0.5, 0.6) is 5.75 Å². The molecule has 1 amide bonds. The van der Waals surface area contributed by atoms with Crippen LogP contribution in [0, 0.1) is 5.92 Å². The number of fused-ring (bicyclic) bond motifs is 1. The number of carbonyl (C=O) groups excluding carboxylic acids is 2. The molecule has 0 saturated carbocycles. The minimum Gasteiger partial charge on any atom is -0.489 e. The molecule has 0 fully saturated rings. The second-order valence-electron chi connectivity index (χ2n) is 9.37. The maximum Gasteiger partial charge on any atom is 0.308 e. The van der Waals surface area contributed by atoms with Crippen molar-refractivity contribution in [2.75, 3.05) is 18.1 Å². The fraction of sp³-hybridized carbons (Fsp3) is 0.333. The average Bonchev–Trinajstić information content (AvgIpc) is 2.98. The van der Waals surface area contributed by atoms with Crippen LogP contribution in [0.15, 0.2) is 72.8 Å². The first kappa shape index (κ1) is 26.7. The molecule has 0 radical (unpaired) electrons. The monoisotopic (exact) mass is 521 g/mol. The van der Waals surface area contributed by atoms with Gasteiger partial charge in [0.15, 0.2) is 0 Å². The number of hydrogen-bond donors (Lipinski definition) is 0. The van der Waals surface area contributed by atoms with Gasteiger partial charge in [-0.3, -0.25) is 9.59 Å². The van der Waals surface area contributed by atoms with E-state index in [4.69, 9.17) is 25.8 Å². The summed E-state index contributed by atoms with van der Waals surface area (Å²) >= 11 is 6.45. The number of para-hydroxylation sites is 1. The van der Waals surface area contributed by atoms with Crippen LogP contribution in [-0.4, -0.2) is 31.1 Å². The van der Waals surface area contributed by atoms with Crippen LogP contribution in [0.4, 0.5) is 5.69 Å². The number of rotatable bonds is 9. The van der Waals surface area contributed by atoms with Gasteiger partial charge in [-0.05, 0) is 42.7 Å². The second kappa shape index (κ2) is 12.3. The van der Waals surface area contributed by atoms with Gasteiger partial charge in [-0.15, -0.1) is 0 Å². The van der Waals surface area contributed by atoms with Crippen LogP contribution in [0.3, 0.4) is 0 Å². The van der Waals surface area contributed by atoms with E-state index in [1.54, 1.807) is 17.9 Å². The molecular formula is C30H32ClNO5. The van der Waals surface area contributed by atoms with Crippen LogP contribution in [-0.2, 0) is 25.7 Å². The van der Waals surface area contributed by atoms with Gasteiger partial charge in [0.05, 0.1) is 13.0 Å². The summed E-state index contributed by atoms with van der Waals surface area (Å²) in [6, 6.07) is 22.9. The average molecular weight is 522 g/mol. The van der Waals surface area contributed by atoms with Gasteiger partial charge in [0.2, 0.25) is 0 Å². The number of esters is 1. The summed E-state index contributed by atoms with van der Waals surface area (Å²) in [5, 5.41) is 0.524. The molecule has 7 heteroatoms. The zero-order valence-corrected chi connectivity index (χ0v) is 22.1. The summed E-state index contributed by atoms with van der Waals surface area (Å²) in [5.41, 5.74) is 3.22. The fourth-order valence-corrected chi connectivity index (χ4v) is 4.61. The number of anilines is 1. The van der Waals surface area contributed by atoms with E-state index in [0.717, 1.165) is 16.7 Å². The van der Waals surface area contributed by atoms with Crippen molar-refractivity contribution in [3.8, 4) is 5.75 Å². The number of hydrogen-bond acceptors (Lipinski definition) is 5. The first-order chi connectivity index (χ1) is 17.9. The quantitative estimate of drug-likeness (QED) is 0.307. The Morgan fingerprint density at radius 3 is 2.49 bits per heavy atom. The Kier molecular flexibility index (Phi) is 8.85. The molecule has 6 nitrogen and oxygen atoms in total. The summed E-state index contributed by atoms with van der Waals surface area (Å²) in [5.74, 6) is 0.0490. The van der Waals surface area contributed by atoms with Crippen molar-refractivity contribution < 1.29 is 23.8 Å². The lowest BCUT2D eigenvalue weighted by molar-refractivity contribution is -0.151. The third-order valence-electron chi connectivity index (χ3n) is 6.05. The highest BCUT2D eigenvalue weighted by Crippen LogP contribution is 2.43. The molecule has 4 rings (SSSR count). The van der Waals surface area contributed by atoms with Crippen molar-refractivity contribution in [2.24, 2.45) is 5.92 Å². The Hall–Kier alpha value is -3.35. The Labute approximate surface area is 223 Å². The van der Waals surface area contributed by atoms with Gasteiger partial charge < -0.3 is 19.1 Å². The molecule has 194 valence electrons. The van der Waals surface area contributed by atoms with E-state index >= 15 is 0 Å². The Balaban J connectivity index is 1.79. The predicted octanol–water partition coefficient (Wildman–Crippen LogP) is 6.35. The zero-order valence-electron chi connectivity index (χ0n) is 21.4. The molecule has 37 heavy (non-hydrogen) atoms. The molecule has 3 aromatic rings. The minimum atomic E-state index is -1.03. The molecule has 1 heterocycles. The molecule has 1 aliphatic rings. The molecule has 1 aliphatic heterocycles. The van der Waals surface area contributed by atoms with Gasteiger partial charge in [0.25, 0.3) is 5.91 Å². The van der Waals surface area contributed by atoms with E-state index in [-0.39, 0.29) is 24.9 Å². The minimum absolute atomic E-state index is 0.188. The van der Waals surface area contributed by atoms with E-state index in [2.05, 4.69) is 0 Å². The first-order valence-corrected chi connectivity index (χ1v) is 12.9. The Morgan fingerprint density at radius 1 is 1.03 bits per heavy atom. The van der Waals surface area contributed by atoms with E-state index in [1.165, 1.54) is 0 Å². The van der Waals surface area contributed by atoms with E-state index in [9.17, 15) is 9.59 Å². The number of halogens is 1. The van der Waals surface area contributed by atoms with Crippen LogP contribution >= 0.6 is 11.6 Å². The summed E-state index contributed by atoms with van der Waals surface area (Å²) in [6.07, 6.45) is -1.91. The summed E-state index contributed by atoms with van der Waals surface area (Å²) in [7, 11) is 0. The largest absolute Gasteiger partial charge is 0.489 e. The summed E-state index contributed by atoms with van der Waals surface area (Å²) in [6.45, 7) is 6.88. The lowest BCUT2D eigenvalue weighted by Crippen LogP contribution is -2.42. The smallest absolute Gasteiger partial charge is 0.308 e. The Bertz CT molecular complexity index is 1230. The van der Waals surface area contributed by atoms with E-state index in [1.807, 2.05) is 80.6 Å². The molecular weight excluding hydrogens is 490 g/mol. The first-order valence-electron chi connectivity index (χ1n) is 12.5. The van der Waals surface area contributed by atoms with Crippen LogP contribution in [0.1, 0.15) is 50.0 Å². The highest BCUT2D eigenvalue weighted by Gasteiger charge is 2.39. The normalized spacial score (nSPS) is 17.3. The van der Waals surface area contributed by atoms with Crippen LogP contribution < -0.4 is 9.64 Å². The lowest BCUT2D eigenvalue weighted by Gasteiger charge is -2.26. The molecule has 0 saturated heterocycles. The number of nitrogens with zero attached hydrogens (tertiary/aromatic N) is 1. The van der Waals surface area contributed by atoms with Gasteiger partial charge in [-0.2, -0.15) is 0 Å². The number of ether oxygens (including phenoxy) is 3. The standard InChI is InChI=1S/C30H32ClNO5/c1-4-35-28(33)17-27-30(34)32(18-20(2)3)25-15-14-22(31)16-24(25)29(37-27)23-12-8-9-13-26(23)36-19-21-10-6-5-7-11-21/h5-16,20,27,29H,4,17-19H2,1-3H3/t27-,29-/m1/s1. The third-order valence-corrected chi connectivity index (χ3v) is 6.28. The summed E-state index contributed by atoms with van der Waals surface area (Å²) < 4.78 is 17.9. The maximum atomic E-state index is 13.8. The molecule has 0 spiro atoms. The van der Waals surface area contributed by atoms with Gasteiger partial charge in [0.1, 0.15) is 24.6 Å². The van der Waals surface area contributed by atoms with Gasteiger partial charge >= 0.3 is 5.97 Å². The lowest BCUT2D eigenvalue weighted by atomic mass is 9.98. The second-order valence-corrected chi connectivity index (χ2v) is 9.81. The molecule has 0 bridgehead atoms.